The fraction of sp³-hybridized carbons (Fsp3) is 0.429. The molecule has 11 heavy (non-hydrogen) atoms. The minimum Gasteiger partial charge on any atom is -1.00 e. The lowest BCUT2D eigenvalue weighted by Gasteiger charge is -1.86. The summed E-state index contributed by atoms with van der Waals surface area (Å²) in [5, 5.41) is 4.01. The summed E-state index contributed by atoms with van der Waals surface area (Å²) in [6.45, 7) is 6.75. The summed E-state index contributed by atoms with van der Waals surface area (Å²) in [4.78, 5) is 0. The van der Waals surface area contributed by atoms with Gasteiger partial charge in [-0.1, -0.05) is 18.2 Å². The molecule has 0 bridgehead atoms. The zero-order valence-corrected chi connectivity index (χ0v) is 8.73. The van der Waals surface area contributed by atoms with Gasteiger partial charge in [-0.15, -0.1) is 0 Å². The van der Waals surface area contributed by atoms with Gasteiger partial charge >= 0.3 is 0 Å². The Labute approximate surface area is 83.7 Å². The van der Waals surface area contributed by atoms with Crippen molar-refractivity contribution in [3.05, 3.63) is 19.2 Å². The van der Waals surface area contributed by atoms with Gasteiger partial charge in [-0.2, -0.15) is 0 Å². The van der Waals surface area contributed by atoms with Crippen molar-refractivity contribution in [1.82, 2.24) is 9.78 Å². The quantitative estimate of drug-likeness (QED) is 0.444. The van der Waals surface area contributed by atoms with E-state index >= 15 is 0 Å². The second-order valence-electron chi connectivity index (χ2n) is 2.15. The van der Waals surface area contributed by atoms with Gasteiger partial charge in [0.15, 0.2) is 0 Å². The van der Waals surface area contributed by atoms with Crippen LogP contribution in [0.5, 0.6) is 0 Å². The first-order valence-corrected chi connectivity index (χ1v) is 3.42. The van der Waals surface area contributed by atoms with Crippen molar-refractivity contribution in [1.29, 1.82) is 0 Å². The van der Waals surface area contributed by atoms with Crippen LogP contribution in [-0.4, -0.2) is 9.78 Å². The van der Waals surface area contributed by atoms with Crippen LogP contribution in [0.3, 0.4) is 0 Å². The second kappa shape index (κ2) is 5.29. The highest BCUT2D eigenvalue weighted by Gasteiger charge is 1.98. The number of aromatic nitrogens is 3. The largest absolute Gasteiger partial charge is 1.00 e. The third-order valence-corrected chi connectivity index (χ3v) is 1.27. The number of aryl methyl sites for hydroxylation is 1. The molecule has 0 unspecified atom stereocenters. The molecule has 0 saturated carbocycles. The molecule has 0 aliphatic rings. The summed E-state index contributed by atoms with van der Waals surface area (Å²) in [5.74, 6) is 0. The molecule has 0 atom stereocenters. The molecule has 3 nitrogen and oxygen atoms in total. The molecule has 1 aromatic heterocycles. The Kier molecular flexibility index (Phi) is 5.10. The van der Waals surface area contributed by atoms with E-state index in [0.717, 1.165) is 13.0 Å². The van der Waals surface area contributed by atoms with Crippen LogP contribution in [-0.2, 0) is 6.54 Å². The first-order chi connectivity index (χ1) is 4.86. The van der Waals surface area contributed by atoms with E-state index < -0.39 is 0 Å². The number of hydrogen-bond donors (Lipinski definition) is 0. The molecule has 0 spiro atoms. The van der Waals surface area contributed by atoms with Crippen LogP contribution in [0, 0.1) is 0 Å². The van der Waals surface area contributed by atoms with Crippen LogP contribution >= 0.6 is 0 Å². The predicted octanol–water partition coefficient (Wildman–Crippen LogP) is -2.31. The smallest absolute Gasteiger partial charge is 0.265 e. The van der Waals surface area contributed by atoms with Crippen LogP contribution < -0.4 is 28.5 Å². The third-order valence-electron chi connectivity index (χ3n) is 1.27. The highest BCUT2D eigenvalue weighted by Crippen LogP contribution is 1.78. The Hall–Kier alpha value is -0.390. The van der Waals surface area contributed by atoms with E-state index in [-0.39, 0.29) is 24.0 Å². The zero-order valence-electron chi connectivity index (χ0n) is 6.57. The Morgan fingerprint density at radius 3 is 2.91 bits per heavy atom. The van der Waals surface area contributed by atoms with Gasteiger partial charge < -0.3 is 24.0 Å². The summed E-state index contributed by atoms with van der Waals surface area (Å²) >= 11 is 0. The van der Waals surface area contributed by atoms with Crippen molar-refractivity contribution in [3.63, 3.8) is 0 Å². The van der Waals surface area contributed by atoms with Gasteiger partial charge in [-0.25, -0.2) is 4.57 Å². The Balaban J connectivity index is 0.000001000. The molecule has 1 aromatic rings. The van der Waals surface area contributed by atoms with E-state index in [0.29, 0.717) is 0 Å². The number of rotatable bonds is 3. The average molecular weight is 265 g/mol. The summed E-state index contributed by atoms with van der Waals surface area (Å²) in [6, 6.07) is 0. The van der Waals surface area contributed by atoms with Crippen LogP contribution in [0.1, 0.15) is 13.3 Å². The van der Waals surface area contributed by atoms with E-state index in [1.54, 1.807) is 17.2 Å². The molecule has 1 rings (SSSR count). The summed E-state index contributed by atoms with van der Waals surface area (Å²) in [7, 11) is 0. The first-order valence-electron chi connectivity index (χ1n) is 3.42. The molecule has 0 saturated heterocycles. The predicted molar refractivity (Wildman–Crippen MR) is 39.1 cm³/mol. The fourth-order valence-corrected chi connectivity index (χ4v) is 0.805. The van der Waals surface area contributed by atoms with Crippen molar-refractivity contribution < 1.29 is 28.5 Å². The second-order valence-corrected chi connectivity index (χ2v) is 2.15. The van der Waals surface area contributed by atoms with Gasteiger partial charge in [0, 0.05) is 5.10 Å². The normalized spacial score (nSPS) is 8.82. The highest BCUT2D eigenvalue weighted by atomic mass is 127. The number of hydrogen-bond acceptors (Lipinski definition) is 1. The van der Waals surface area contributed by atoms with Crippen LogP contribution in [0.2, 0.25) is 0 Å². The molecular weight excluding hydrogens is 253 g/mol. The zero-order chi connectivity index (χ0) is 7.40. The number of nitrogens with zero attached hydrogens (tertiary/aromatic N) is 3. The van der Waals surface area contributed by atoms with Gasteiger partial charge in [0.05, 0.1) is 12.7 Å². The average Bonchev–Trinajstić information content (AvgIpc) is 2.37. The lowest BCUT2D eigenvalue weighted by atomic mass is 10.5. The Morgan fingerprint density at radius 2 is 2.45 bits per heavy atom. The van der Waals surface area contributed by atoms with Crippen LogP contribution in [0.25, 0.3) is 6.20 Å². The minimum atomic E-state index is 0. The van der Waals surface area contributed by atoms with Crippen molar-refractivity contribution >= 4 is 6.20 Å². The van der Waals surface area contributed by atoms with Crippen molar-refractivity contribution in [3.8, 4) is 0 Å². The molecule has 0 fully saturated rings. The lowest BCUT2D eigenvalue weighted by molar-refractivity contribution is -0.697. The van der Waals surface area contributed by atoms with Gasteiger partial charge in [-0.3, -0.25) is 0 Å². The highest BCUT2D eigenvalue weighted by molar-refractivity contribution is 5.09. The van der Waals surface area contributed by atoms with Crippen molar-refractivity contribution in [2.24, 2.45) is 0 Å². The molecule has 0 aromatic carbocycles. The van der Waals surface area contributed by atoms with E-state index in [2.05, 4.69) is 18.6 Å². The van der Waals surface area contributed by atoms with E-state index in [1.165, 1.54) is 0 Å². The molecule has 0 N–H and O–H groups in total. The molecule has 4 heteroatoms. The van der Waals surface area contributed by atoms with Crippen LogP contribution in [0.4, 0.5) is 0 Å². The Bertz CT molecular complexity index is 219. The van der Waals surface area contributed by atoms with E-state index in [9.17, 15) is 0 Å². The summed E-state index contributed by atoms with van der Waals surface area (Å²) in [6.07, 6.45) is 6.52. The summed E-state index contributed by atoms with van der Waals surface area (Å²) < 4.78 is 3.72. The monoisotopic (exact) mass is 265 g/mol. The van der Waals surface area contributed by atoms with Crippen molar-refractivity contribution in [2.45, 2.75) is 19.9 Å². The maximum absolute atomic E-state index is 4.01. The molecule has 1 heterocycles. The molecular formula is C7H12IN3. The maximum atomic E-state index is 4.01. The van der Waals surface area contributed by atoms with Crippen molar-refractivity contribution in [2.75, 3.05) is 0 Å². The number of halogens is 1. The molecule has 0 aliphatic heterocycles. The molecule has 62 valence electrons. The van der Waals surface area contributed by atoms with Gasteiger partial charge in [0.2, 0.25) is 6.33 Å². The molecule has 0 aliphatic carbocycles. The molecule has 0 radical (unpaired) electrons. The first kappa shape index (κ1) is 10.6. The standard InChI is InChI=1S/C7H12N3.HI/c1-3-5-9-6-8-10(4-2)7-9;/h4,6-7H,2-3,5H2,1H3;1H/q+1;/p-1. The van der Waals surface area contributed by atoms with Gasteiger partial charge in [-0.05, 0) is 6.42 Å². The van der Waals surface area contributed by atoms with Gasteiger partial charge in [0.1, 0.15) is 0 Å². The molecule has 0 amide bonds. The van der Waals surface area contributed by atoms with E-state index in [4.69, 9.17) is 0 Å². The SMILES string of the molecule is C=Cn1c[n+](CCC)cn1.[I-]. The summed E-state index contributed by atoms with van der Waals surface area (Å²) in [5.41, 5.74) is 0. The maximum Gasteiger partial charge on any atom is 0.265 e. The third kappa shape index (κ3) is 3.00. The fourth-order valence-electron chi connectivity index (χ4n) is 0.805. The van der Waals surface area contributed by atoms with E-state index in [1.807, 2.05) is 10.9 Å². The topological polar surface area (TPSA) is 21.7 Å². The minimum absolute atomic E-state index is 0. The Morgan fingerprint density at radius 1 is 1.73 bits per heavy atom. The lowest BCUT2D eigenvalue weighted by Crippen LogP contribution is -3.00. The van der Waals surface area contributed by atoms with Gasteiger partial charge in [0.25, 0.3) is 6.33 Å². The van der Waals surface area contributed by atoms with Crippen LogP contribution in [0.15, 0.2) is 19.2 Å².